The molecule has 1 fully saturated rings. The van der Waals surface area contributed by atoms with Crippen LogP contribution < -0.4 is 10.2 Å². The number of amides is 2. The number of benzene rings is 1. The zero-order valence-electron chi connectivity index (χ0n) is 9.74. The summed E-state index contributed by atoms with van der Waals surface area (Å²) in [5.74, 6) is -0.204. The molecule has 6 heteroatoms. The highest BCUT2D eigenvalue weighted by Gasteiger charge is 2.33. The lowest BCUT2D eigenvalue weighted by atomic mass is 10.1. The Morgan fingerprint density at radius 3 is 2.83 bits per heavy atom. The van der Waals surface area contributed by atoms with E-state index in [4.69, 9.17) is 11.6 Å². The summed E-state index contributed by atoms with van der Waals surface area (Å²) in [4.78, 5) is 25.3. The van der Waals surface area contributed by atoms with E-state index in [1.165, 1.54) is 4.90 Å². The maximum Gasteiger partial charge on any atom is 0.250 e. The quantitative estimate of drug-likeness (QED) is 0.802. The molecule has 1 aromatic rings. The molecule has 1 aromatic carbocycles. The van der Waals surface area contributed by atoms with Gasteiger partial charge >= 0.3 is 0 Å². The van der Waals surface area contributed by atoms with Gasteiger partial charge in [-0.2, -0.15) is 0 Å². The van der Waals surface area contributed by atoms with Gasteiger partial charge < -0.3 is 10.2 Å². The molecule has 1 heterocycles. The SMILES string of the molecule is CCC1NC(=O)CN(c2ccc(Cl)cc2I)C1=O. The van der Waals surface area contributed by atoms with Crippen molar-refractivity contribution in [1.82, 2.24) is 5.32 Å². The fourth-order valence-electron chi connectivity index (χ4n) is 1.89. The van der Waals surface area contributed by atoms with Gasteiger partial charge in [-0.05, 0) is 47.2 Å². The standard InChI is InChI=1S/C12H12ClIN2O2/c1-2-9-12(18)16(6-11(17)15-9)10-4-3-7(13)5-8(10)14/h3-5,9H,2,6H2,1H3,(H,15,17). The summed E-state index contributed by atoms with van der Waals surface area (Å²) in [6, 6.07) is 4.84. The van der Waals surface area contributed by atoms with Crippen molar-refractivity contribution < 1.29 is 9.59 Å². The third-order valence-corrected chi connectivity index (χ3v) is 3.91. The molecule has 2 rings (SSSR count). The summed E-state index contributed by atoms with van der Waals surface area (Å²) in [5.41, 5.74) is 0.735. The molecule has 0 radical (unpaired) electrons. The van der Waals surface area contributed by atoms with E-state index < -0.39 is 6.04 Å². The van der Waals surface area contributed by atoms with Crippen LogP contribution in [0.3, 0.4) is 0 Å². The molecule has 0 spiro atoms. The van der Waals surface area contributed by atoms with E-state index in [-0.39, 0.29) is 18.4 Å². The summed E-state index contributed by atoms with van der Waals surface area (Å²) in [6.45, 7) is 1.94. The lowest BCUT2D eigenvalue weighted by Gasteiger charge is -2.32. The van der Waals surface area contributed by atoms with E-state index in [2.05, 4.69) is 27.9 Å². The molecular weight excluding hydrogens is 367 g/mol. The third-order valence-electron chi connectivity index (χ3n) is 2.81. The van der Waals surface area contributed by atoms with Gasteiger partial charge in [0.25, 0.3) is 0 Å². The Bertz CT molecular complexity index is 507. The normalized spacial score (nSPS) is 19.9. The summed E-state index contributed by atoms with van der Waals surface area (Å²) < 4.78 is 0.859. The molecule has 1 N–H and O–H groups in total. The van der Waals surface area contributed by atoms with Crippen LogP contribution in [0.2, 0.25) is 5.02 Å². The van der Waals surface area contributed by atoms with Crippen molar-refractivity contribution in [2.24, 2.45) is 0 Å². The number of halogens is 2. The Labute approximate surface area is 124 Å². The van der Waals surface area contributed by atoms with Gasteiger partial charge in [0.15, 0.2) is 0 Å². The molecule has 1 atom stereocenters. The number of carbonyl (C=O) groups is 2. The van der Waals surface area contributed by atoms with E-state index in [9.17, 15) is 9.59 Å². The van der Waals surface area contributed by atoms with Gasteiger partial charge in [0.1, 0.15) is 12.6 Å². The first-order valence-electron chi connectivity index (χ1n) is 5.58. The van der Waals surface area contributed by atoms with E-state index in [1.54, 1.807) is 18.2 Å². The molecule has 1 saturated heterocycles. The van der Waals surface area contributed by atoms with Crippen molar-refractivity contribution in [3.8, 4) is 0 Å². The second-order valence-corrected chi connectivity index (χ2v) is 5.65. The van der Waals surface area contributed by atoms with E-state index in [0.29, 0.717) is 11.4 Å². The highest BCUT2D eigenvalue weighted by atomic mass is 127. The van der Waals surface area contributed by atoms with E-state index in [1.807, 2.05) is 6.92 Å². The molecule has 18 heavy (non-hydrogen) atoms. The maximum atomic E-state index is 12.2. The summed E-state index contributed by atoms with van der Waals surface area (Å²) in [5, 5.41) is 3.30. The van der Waals surface area contributed by atoms with Crippen molar-refractivity contribution in [1.29, 1.82) is 0 Å². The molecule has 96 valence electrons. The van der Waals surface area contributed by atoms with Gasteiger partial charge in [-0.1, -0.05) is 18.5 Å². The Kier molecular flexibility index (Phi) is 4.11. The van der Waals surface area contributed by atoms with Crippen molar-refractivity contribution in [3.05, 3.63) is 26.8 Å². The molecule has 1 aliphatic rings. The van der Waals surface area contributed by atoms with Crippen molar-refractivity contribution in [2.75, 3.05) is 11.4 Å². The highest BCUT2D eigenvalue weighted by molar-refractivity contribution is 14.1. The van der Waals surface area contributed by atoms with Crippen LogP contribution in [-0.2, 0) is 9.59 Å². The Balaban J connectivity index is 2.36. The number of piperazine rings is 1. The number of nitrogens with zero attached hydrogens (tertiary/aromatic N) is 1. The molecule has 1 unspecified atom stereocenters. The lowest BCUT2D eigenvalue weighted by molar-refractivity contribution is -0.131. The van der Waals surface area contributed by atoms with Crippen molar-refractivity contribution in [2.45, 2.75) is 19.4 Å². The van der Waals surface area contributed by atoms with Crippen LogP contribution >= 0.6 is 34.2 Å². The minimum Gasteiger partial charge on any atom is -0.343 e. The Morgan fingerprint density at radius 1 is 1.50 bits per heavy atom. The molecule has 0 aromatic heterocycles. The van der Waals surface area contributed by atoms with Gasteiger partial charge in [0.05, 0.1) is 5.69 Å². The van der Waals surface area contributed by atoms with Crippen LogP contribution in [0, 0.1) is 3.57 Å². The lowest BCUT2D eigenvalue weighted by Crippen LogP contribution is -2.58. The van der Waals surface area contributed by atoms with Crippen LogP contribution in [0.1, 0.15) is 13.3 Å². The average Bonchev–Trinajstić information content (AvgIpc) is 2.32. The van der Waals surface area contributed by atoms with E-state index in [0.717, 1.165) is 9.26 Å². The summed E-state index contributed by atoms with van der Waals surface area (Å²) >= 11 is 8.00. The first-order chi connectivity index (χ1) is 8.52. The smallest absolute Gasteiger partial charge is 0.250 e. The fraction of sp³-hybridized carbons (Fsp3) is 0.333. The predicted molar refractivity (Wildman–Crippen MR) is 78.7 cm³/mol. The number of rotatable bonds is 2. The Hall–Kier alpha value is -0.820. The topological polar surface area (TPSA) is 49.4 Å². The van der Waals surface area contributed by atoms with Gasteiger partial charge in [-0.15, -0.1) is 0 Å². The van der Waals surface area contributed by atoms with Crippen LogP contribution in [0.15, 0.2) is 18.2 Å². The molecule has 2 amide bonds. The first kappa shape index (κ1) is 13.6. The summed E-state index contributed by atoms with van der Waals surface area (Å²) in [6.07, 6.45) is 0.589. The minimum atomic E-state index is -0.433. The summed E-state index contributed by atoms with van der Waals surface area (Å²) in [7, 11) is 0. The van der Waals surface area contributed by atoms with Crippen LogP contribution in [0.4, 0.5) is 5.69 Å². The second-order valence-electron chi connectivity index (χ2n) is 4.05. The van der Waals surface area contributed by atoms with Gasteiger partial charge in [-0.25, -0.2) is 0 Å². The number of anilines is 1. The zero-order chi connectivity index (χ0) is 13.3. The van der Waals surface area contributed by atoms with Crippen molar-refractivity contribution in [3.63, 3.8) is 0 Å². The molecule has 1 aliphatic heterocycles. The monoisotopic (exact) mass is 378 g/mol. The largest absolute Gasteiger partial charge is 0.343 e. The number of carbonyl (C=O) groups excluding carboxylic acids is 2. The fourth-order valence-corrected chi connectivity index (χ4v) is 3.05. The van der Waals surface area contributed by atoms with Crippen LogP contribution in [-0.4, -0.2) is 24.4 Å². The maximum absolute atomic E-state index is 12.2. The highest BCUT2D eigenvalue weighted by Crippen LogP contribution is 2.27. The second kappa shape index (κ2) is 5.44. The zero-order valence-corrected chi connectivity index (χ0v) is 12.7. The molecule has 4 nitrogen and oxygen atoms in total. The minimum absolute atomic E-state index is 0.0625. The van der Waals surface area contributed by atoms with Crippen LogP contribution in [0.5, 0.6) is 0 Å². The molecule has 0 aliphatic carbocycles. The third kappa shape index (κ3) is 2.61. The van der Waals surface area contributed by atoms with Gasteiger partial charge in [-0.3, -0.25) is 9.59 Å². The van der Waals surface area contributed by atoms with Gasteiger partial charge in [0.2, 0.25) is 11.8 Å². The number of hydrogen-bond donors (Lipinski definition) is 1. The number of hydrogen-bond acceptors (Lipinski definition) is 2. The molecule has 0 saturated carbocycles. The molecule has 0 bridgehead atoms. The van der Waals surface area contributed by atoms with Gasteiger partial charge in [0, 0.05) is 8.59 Å². The number of nitrogens with one attached hydrogen (secondary N) is 1. The van der Waals surface area contributed by atoms with Crippen molar-refractivity contribution >= 4 is 51.7 Å². The van der Waals surface area contributed by atoms with Crippen LogP contribution in [0.25, 0.3) is 0 Å². The molecular formula is C12H12ClIN2O2. The Morgan fingerprint density at radius 2 is 2.22 bits per heavy atom. The first-order valence-corrected chi connectivity index (χ1v) is 7.04. The van der Waals surface area contributed by atoms with E-state index >= 15 is 0 Å². The predicted octanol–water partition coefficient (Wildman–Crippen LogP) is 2.19. The average molecular weight is 379 g/mol.